The van der Waals surface area contributed by atoms with Gasteiger partial charge in [0.15, 0.2) is 0 Å². The molecule has 0 radical (unpaired) electrons. The quantitative estimate of drug-likeness (QED) is 0.503. The standard InChI is InChI=1S/C19H23BrN2O/c1-2-3-5-13-18(15-9-6-4-7-10-15)21-22-19(23)16-11-8-12-17(20)14-16/h4,6-12,14,18,21H,2-3,5,13H2,1H3,(H,22,23)/t18-/m0/s1. The summed E-state index contributed by atoms with van der Waals surface area (Å²) in [5.41, 5.74) is 7.86. The molecule has 0 aliphatic heterocycles. The van der Waals surface area contributed by atoms with E-state index in [2.05, 4.69) is 45.8 Å². The van der Waals surface area contributed by atoms with Crippen LogP contribution in [0.4, 0.5) is 0 Å². The average molecular weight is 375 g/mol. The number of carbonyl (C=O) groups excluding carboxylic acids is 1. The lowest BCUT2D eigenvalue weighted by Gasteiger charge is -2.20. The summed E-state index contributed by atoms with van der Waals surface area (Å²) in [6, 6.07) is 17.7. The molecule has 0 fully saturated rings. The lowest BCUT2D eigenvalue weighted by molar-refractivity contribution is 0.0923. The first-order valence-electron chi connectivity index (χ1n) is 8.07. The van der Waals surface area contributed by atoms with Gasteiger partial charge in [-0.1, -0.05) is 78.5 Å². The number of amides is 1. The lowest BCUT2D eigenvalue weighted by Crippen LogP contribution is -2.40. The summed E-state index contributed by atoms with van der Waals surface area (Å²) in [6.45, 7) is 2.19. The van der Waals surface area contributed by atoms with Crippen LogP contribution in [0.15, 0.2) is 59.1 Å². The second-order valence-electron chi connectivity index (χ2n) is 5.57. The number of unbranched alkanes of at least 4 members (excludes halogenated alkanes) is 2. The van der Waals surface area contributed by atoms with E-state index in [9.17, 15) is 4.79 Å². The summed E-state index contributed by atoms with van der Waals surface area (Å²) in [5.74, 6) is -0.122. The first-order chi connectivity index (χ1) is 11.2. The van der Waals surface area contributed by atoms with E-state index in [4.69, 9.17) is 0 Å². The first kappa shape index (κ1) is 17.7. The van der Waals surface area contributed by atoms with E-state index >= 15 is 0 Å². The van der Waals surface area contributed by atoms with Crippen LogP contribution in [0.5, 0.6) is 0 Å². The molecule has 1 amide bonds. The zero-order valence-electron chi connectivity index (χ0n) is 13.4. The van der Waals surface area contributed by atoms with Crippen LogP contribution in [0.1, 0.15) is 54.6 Å². The normalized spacial score (nSPS) is 11.9. The van der Waals surface area contributed by atoms with Gasteiger partial charge < -0.3 is 0 Å². The van der Waals surface area contributed by atoms with Gasteiger partial charge in [-0.05, 0) is 30.2 Å². The summed E-state index contributed by atoms with van der Waals surface area (Å²) in [5, 5.41) is 0. The zero-order chi connectivity index (χ0) is 16.5. The Morgan fingerprint density at radius 1 is 1.09 bits per heavy atom. The van der Waals surface area contributed by atoms with Crippen molar-refractivity contribution in [3.63, 3.8) is 0 Å². The summed E-state index contributed by atoms with van der Waals surface area (Å²) < 4.78 is 0.896. The van der Waals surface area contributed by atoms with Gasteiger partial charge in [0.25, 0.3) is 5.91 Å². The highest BCUT2D eigenvalue weighted by atomic mass is 79.9. The van der Waals surface area contributed by atoms with Gasteiger partial charge >= 0.3 is 0 Å². The van der Waals surface area contributed by atoms with Crippen molar-refractivity contribution in [2.75, 3.05) is 0 Å². The van der Waals surface area contributed by atoms with E-state index in [0.717, 1.165) is 17.3 Å². The van der Waals surface area contributed by atoms with Gasteiger partial charge in [-0.3, -0.25) is 10.2 Å². The number of hydrogen-bond acceptors (Lipinski definition) is 2. The van der Waals surface area contributed by atoms with Crippen molar-refractivity contribution in [2.45, 2.75) is 38.6 Å². The molecule has 0 aromatic heterocycles. The number of hydrogen-bond donors (Lipinski definition) is 2. The van der Waals surface area contributed by atoms with Crippen molar-refractivity contribution < 1.29 is 4.79 Å². The minimum atomic E-state index is -0.122. The van der Waals surface area contributed by atoms with Crippen LogP contribution in [-0.4, -0.2) is 5.91 Å². The topological polar surface area (TPSA) is 41.1 Å². The molecule has 4 heteroatoms. The Labute approximate surface area is 146 Å². The van der Waals surface area contributed by atoms with Gasteiger partial charge in [-0.2, -0.15) is 0 Å². The van der Waals surface area contributed by atoms with Gasteiger partial charge in [0.05, 0.1) is 6.04 Å². The van der Waals surface area contributed by atoms with Crippen LogP contribution in [0.25, 0.3) is 0 Å². The fourth-order valence-electron chi connectivity index (χ4n) is 2.46. The van der Waals surface area contributed by atoms with Gasteiger partial charge in [0.1, 0.15) is 0 Å². The van der Waals surface area contributed by atoms with Crippen LogP contribution in [-0.2, 0) is 0 Å². The maximum Gasteiger partial charge on any atom is 0.265 e. The van der Waals surface area contributed by atoms with Crippen LogP contribution in [0, 0.1) is 0 Å². The molecule has 0 aliphatic carbocycles. The Morgan fingerprint density at radius 3 is 2.57 bits per heavy atom. The van der Waals surface area contributed by atoms with E-state index in [1.54, 1.807) is 6.07 Å². The first-order valence-corrected chi connectivity index (χ1v) is 8.86. The predicted molar refractivity (Wildman–Crippen MR) is 98.1 cm³/mol. The minimum Gasteiger partial charge on any atom is -0.287 e. The fourth-order valence-corrected chi connectivity index (χ4v) is 2.86. The molecular weight excluding hydrogens is 352 g/mol. The number of carbonyl (C=O) groups is 1. The molecule has 3 nitrogen and oxygen atoms in total. The van der Waals surface area contributed by atoms with Gasteiger partial charge in [-0.25, -0.2) is 5.43 Å². The zero-order valence-corrected chi connectivity index (χ0v) is 15.0. The van der Waals surface area contributed by atoms with E-state index in [0.29, 0.717) is 5.56 Å². The molecule has 0 unspecified atom stereocenters. The monoisotopic (exact) mass is 374 g/mol. The summed E-state index contributed by atoms with van der Waals surface area (Å²) in [4.78, 5) is 12.3. The van der Waals surface area contributed by atoms with Crippen molar-refractivity contribution in [3.8, 4) is 0 Å². The Kier molecular flexibility index (Phi) is 7.30. The molecule has 122 valence electrons. The summed E-state index contributed by atoms with van der Waals surface area (Å²) >= 11 is 3.39. The number of nitrogens with one attached hydrogen (secondary N) is 2. The van der Waals surface area contributed by atoms with E-state index < -0.39 is 0 Å². The highest BCUT2D eigenvalue weighted by Gasteiger charge is 2.12. The molecule has 2 aromatic rings. The second kappa shape index (κ2) is 9.48. The number of benzene rings is 2. The molecule has 23 heavy (non-hydrogen) atoms. The molecule has 0 saturated carbocycles. The molecular formula is C19H23BrN2O. The van der Waals surface area contributed by atoms with Crippen molar-refractivity contribution in [3.05, 3.63) is 70.2 Å². The van der Waals surface area contributed by atoms with Crippen molar-refractivity contribution in [1.29, 1.82) is 0 Å². The largest absolute Gasteiger partial charge is 0.287 e. The maximum absolute atomic E-state index is 12.3. The van der Waals surface area contributed by atoms with Crippen LogP contribution in [0.2, 0.25) is 0 Å². The Hall–Kier alpha value is -1.65. The number of hydrazine groups is 1. The Morgan fingerprint density at radius 2 is 1.87 bits per heavy atom. The molecule has 2 aromatic carbocycles. The smallest absolute Gasteiger partial charge is 0.265 e. The van der Waals surface area contributed by atoms with Crippen molar-refractivity contribution >= 4 is 21.8 Å². The highest BCUT2D eigenvalue weighted by molar-refractivity contribution is 9.10. The second-order valence-corrected chi connectivity index (χ2v) is 6.48. The van der Waals surface area contributed by atoms with E-state index in [1.807, 2.05) is 36.4 Å². The molecule has 0 aliphatic rings. The van der Waals surface area contributed by atoms with E-state index in [1.165, 1.54) is 18.4 Å². The summed E-state index contributed by atoms with van der Waals surface area (Å²) in [7, 11) is 0. The third-order valence-corrected chi connectivity index (χ3v) is 4.24. The van der Waals surface area contributed by atoms with Gasteiger partial charge in [0.2, 0.25) is 0 Å². The van der Waals surface area contributed by atoms with Gasteiger partial charge in [0, 0.05) is 10.0 Å². The predicted octanol–water partition coefficient (Wildman–Crippen LogP) is 5.01. The average Bonchev–Trinajstić information content (AvgIpc) is 2.58. The Balaban J connectivity index is 1.98. The minimum absolute atomic E-state index is 0.122. The number of rotatable bonds is 8. The molecule has 2 rings (SSSR count). The van der Waals surface area contributed by atoms with Crippen LogP contribution < -0.4 is 10.9 Å². The van der Waals surface area contributed by atoms with Crippen molar-refractivity contribution in [2.24, 2.45) is 0 Å². The fraction of sp³-hybridized carbons (Fsp3) is 0.316. The molecule has 0 bridgehead atoms. The highest BCUT2D eigenvalue weighted by Crippen LogP contribution is 2.19. The summed E-state index contributed by atoms with van der Waals surface area (Å²) in [6.07, 6.45) is 4.52. The number of halogens is 1. The van der Waals surface area contributed by atoms with Crippen molar-refractivity contribution in [1.82, 2.24) is 10.9 Å². The molecule has 2 N–H and O–H groups in total. The van der Waals surface area contributed by atoms with Gasteiger partial charge in [-0.15, -0.1) is 0 Å². The maximum atomic E-state index is 12.3. The SMILES string of the molecule is CCCCC[C@H](NNC(=O)c1cccc(Br)c1)c1ccccc1. The lowest BCUT2D eigenvalue weighted by atomic mass is 10.0. The molecule has 1 atom stereocenters. The van der Waals surface area contributed by atoms with Crippen LogP contribution in [0.3, 0.4) is 0 Å². The molecule has 0 heterocycles. The Bertz CT molecular complexity index is 616. The molecule has 0 saturated heterocycles. The third-order valence-electron chi connectivity index (χ3n) is 3.75. The van der Waals surface area contributed by atoms with Crippen LogP contribution >= 0.6 is 15.9 Å². The third kappa shape index (κ3) is 5.81. The molecule has 0 spiro atoms. The van der Waals surface area contributed by atoms with E-state index in [-0.39, 0.29) is 11.9 Å².